The predicted octanol–water partition coefficient (Wildman–Crippen LogP) is 0.466. The lowest BCUT2D eigenvalue weighted by molar-refractivity contribution is -0.119. The number of aliphatic hydroxyl groups is 2. The Bertz CT molecular complexity index is 1070. The lowest BCUT2D eigenvalue weighted by Crippen LogP contribution is -2.32. The lowest BCUT2D eigenvalue weighted by atomic mass is 10.1. The van der Waals surface area contributed by atoms with E-state index >= 15 is 0 Å². The number of anilines is 2. The summed E-state index contributed by atoms with van der Waals surface area (Å²) in [5.41, 5.74) is 13.0. The van der Waals surface area contributed by atoms with E-state index in [0.717, 1.165) is 5.56 Å². The van der Waals surface area contributed by atoms with Gasteiger partial charge in [0.2, 0.25) is 11.9 Å². The van der Waals surface area contributed by atoms with Crippen molar-refractivity contribution in [3.8, 4) is 0 Å². The minimum absolute atomic E-state index is 0.0341. The zero-order valence-electron chi connectivity index (χ0n) is 16.9. The van der Waals surface area contributed by atoms with E-state index < -0.39 is 30.4 Å². The topological polar surface area (TPSA) is 174 Å². The van der Waals surface area contributed by atoms with Crippen molar-refractivity contribution < 1.29 is 19.7 Å². The number of imidazole rings is 1. The molecule has 7 N–H and O–H groups in total. The van der Waals surface area contributed by atoms with Gasteiger partial charge in [0.15, 0.2) is 17.7 Å². The number of ether oxygens (including phenoxy) is 1. The summed E-state index contributed by atoms with van der Waals surface area (Å²) in [6, 6.07) is 9.72. The van der Waals surface area contributed by atoms with Gasteiger partial charge in [0.1, 0.15) is 17.7 Å². The van der Waals surface area contributed by atoms with Gasteiger partial charge in [-0.25, -0.2) is 4.98 Å². The molecule has 1 amide bonds. The van der Waals surface area contributed by atoms with Gasteiger partial charge in [0, 0.05) is 6.42 Å². The van der Waals surface area contributed by atoms with Crippen molar-refractivity contribution in [1.29, 1.82) is 0 Å². The molecular formula is C20H25N7O4. The van der Waals surface area contributed by atoms with E-state index in [-0.39, 0.29) is 24.7 Å². The van der Waals surface area contributed by atoms with Gasteiger partial charge < -0.3 is 31.7 Å². The number of rotatable bonds is 7. The predicted molar refractivity (Wildman–Crippen MR) is 113 cm³/mol. The second kappa shape index (κ2) is 8.46. The highest BCUT2D eigenvalue weighted by molar-refractivity contribution is 5.83. The molecule has 11 heteroatoms. The van der Waals surface area contributed by atoms with E-state index in [1.54, 1.807) is 0 Å². The van der Waals surface area contributed by atoms with E-state index in [9.17, 15) is 15.0 Å². The molecule has 164 valence electrons. The molecule has 2 aromatic heterocycles. The first-order valence-electron chi connectivity index (χ1n) is 9.96. The molecule has 31 heavy (non-hydrogen) atoms. The third-order valence-electron chi connectivity index (χ3n) is 5.38. The number of aromatic nitrogens is 4. The Kier molecular flexibility index (Phi) is 5.72. The van der Waals surface area contributed by atoms with Gasteiger partial charge in [-0.15, -0.1) is 0 Å². The van der Waals surface area contributed by atoms with Crippen LogP contribution in [0.2, 0.25) is 0 Å². The van der Waals surface area contributed by atoms with Crippen LogP contribution in [0, 0.1) is 0 Å². The van der Waals surface area contributed by atoms with E-state index in [4.69, 9.17) is 16.2 Å². The van der Waals surface area contributed by atoms with Gasteiger partial charge in [-0.1, -0.05) is 30.3 Å². The zero-order valence-corrected chi connectivity index (χ0v) is 16.9. The molecule has 1 aromatic carbocycles. The molecule has 0 saturated carbocycles. The molecule has 1 fully saturated rings. The van der Waals surface area contributed by atoms with E-state index in [0.29, 0.717) is 17.1 Å². The number of primary amides is 1. The Labute approximate surface area is 178 Å². The molecule has 3 heterocycles. The first-order chi connectivity index (χ1) is 14.8. The lowest BCUT2D eigenvalue weighted by Gasteiger charge is -2.18. The van der Waals surface area contributed by atoms with Gasteiger partial charge in [-0.2, -0.15) is 9.97 Å². The summed E-state index contributed by atoms with van der Waals surface area (Å²) >= 11 is 0. The maximum atomic E-state index is 11.1. The second-order valence-electron chi connectivity index (χ2n) is 7.58. The van der Waals surface area contributed by atoms with Crippen molar-refractivity contribution in [2.75, 3.05) is 11.1 Å². The highest BCUT2D eigenvalue weighted by Crippen LogP contribution is 2.34. The summed E-state index contributed by atoms with van der Waals surface area (Å²) in [5, 5.41) is 24.1. The van der Waals surface area contributed by atoms with Gasteiger partial charge in [-0.3, -0.25) is 9.36 Å². The van der Waals surface area contributed by atoms with Crippen molar-refractivity contribution in [3.63, 3.8) is 0 Å². The zero-order chi connectivity index (χ0) is 22.1. The number of nitrogens with one attached hydrogen (secondary N) is 1. The molecule has 3 unspecified atom stereocenters. The minimum atomic E-state index is -1.24. The number of nitrogens with zero attached hydrogens (tertiary/aromatic N) is 4. The molecule has 1 saturated heterocycles. The number of fused-ring (bicyclic) bond motifs is 1. The number of hydrogen-bond acceptors (Lipinski definition) is 9. The van der Waals surface area contributed by atoms with Crippen LogP contribution in [0.15, 0.2) is 36.7 Å². The Morgan fingerprint density at radius 3 is 2.71 bits per heavy atom. The third kappa shape index (κ3) is 4.15. The van der Waals surface area contributed by atoms with Crippen molar-refractivity contribution >= 4 is 28.8 Å². The molecule has 3 aromatic rings. The number of aliphatic hydroxyl groups excluding tert-OH is 2. The summed E-state index contributed by atoms with van der Waals surface area (Å²) in [6.45, 7) is 1.97. The van der Waals surface area contributed by atoms with Crippen LogP contribution in [0.3, 0.4) is 0 Å². The maximum absolute atomic E-state index is 11.1. The van der Waals surface area contributed by atoms with E-state index in [1.165, 1.54) is 10.9 Å². The minimum Gasteiger partial charge on any atom is -0.388 e. The molecule has 1 aliphatic rings. The first-order valence-corrected chi connectivity index (χ1v) is 9.96. The van der Waals surface area contributed by atoms with Crippen molar-refractivity contribution in [2.45, 2.75) is 50.3 Å². The Morgan fingerprint density at radius 1 is 1.26 bits per heavy atom. The fourth-order valence-corrected chi connectivity index (χ4v) is 3.69. The number of carbonyl (C=O) groups is 1. The molecule has 0 radical (unpaired) electrons. The SMILES string of the molecule is CC(Nc1nc(N)c2ncn([C@@H]3O[C@H](CCC(N)=O)C(O)C3O)c2n1)c1ccccc1. The van der Waals surface area contributed by atoms with Gasteiger partial charge in [0.25, 0.3) is 0 Å². The quantitative estimate of drug-likeness (QED) is 0.359. The summed E-state index contributed by atoms with van der Waals surface area (Å²) in [6.07, 6.45) is -2.48. The fraction of sp³-hybridized carbons (Fsp3) is 0.400. The Hall–Kier alpha value is -3.28. The number of benzene rings is 1. The second-order valence-corrected chi connectivity index (χ2v) is 7.58. The molecule has 0 aliphatic carbocycles. The highest BCUT2D eigenvalue weighted by atomic mass is 16.6. The Morgan fingerprint density at radius 2 is 2.00 bits per heavy atom. The van der Waals surface area contributed by atoms with Crippen LogP contribution in [0.1, 0.15) is 37.6 Å². The molecule has 0 bridgehead atoms. The largest absolute Gasteiger partial charge is 0.388 e. The normalized spacial score (nSPS) is 24.4. The summed E-state index contributed by atoms with van der Waals surface area (Å²) in [7, 11) is 0. The fourth-order valence-electron chi connectivity index (χ4n) is 3.69. The van der Waals surface area contributed by atoms with Crippen molar-refractivity contribution in [2.24, 2.45) is 5.73 Å². The van der Waals surface area contributed by atoms with Crippen LogP contribution < -0.4 is 16.8 Å². The number of amides is 1. The molecule has 0 spiro atoms. The number of nitrogen functional groups attached to an aromatic ring is 1. The summed E-state index contributed by atoms with van der Waals surface area (Å²) in [4.78, 5) is 24.1. The highest BCUT2D eigenvalue weighted by Gasteiger charge is 2.44. The van der Waals surface area contributed by atoms with Gasteiger partial charge >= 0.3 is 0 Å². The summed E-state index contributed by atoms with van der Waals surface area (Å²) in [5.74, 6) is -0.0446. The first kappa shape index (κ1) is 21.0. The summed E-state index contributed by atoms with van der Waals surface area (Å²) < 4.78 is 7.32. The van der Waals surface area contributed by atoms with Crippen LogP contribution in [0.25, 0.3) is 11.2 Å². The molecule has 4 rings (SSSR count). The smallest absolute Gasteiger partial charge is 0.227 e. The van der Waals surface area contributed by atoms with Crippen LogP contribution >= 0.6 is 0 Å². The number of carbonyl (C=O) groups excluding carboxylic acids is 1. The van der Waals surface area contributed by atoms with E-state index in [1.807, 2.05) is 37.3 Å². The van der Waals surface area contributed by atoms with Crippen molar-refractivity contribution in [1.82, 2.24) is 19.5 Å². The molecule has 11 nitrogen and oxygen atoms in total. The Balaban J connectivity index is 1.61. The van der Waals surface area contributed by atoms with Gasteiger partial charge in [-0.05, 0) is 18.9 Å². The molecule has 5 atom stereocenters. The average Bonchev–Trinajstić information content (AvgIpc) is 3.29. The van der Waals surface area contributed by atoms with Crippen LogP contribution in [-0.2, 0) is 9.53 Å². The molecular weight excluding hydrogens is 402 g/mol. The standard InChI is InChI=1S/C20H25N7O4/c1-10(11-5-3-2-4-6-11)24-20-25-17(22)14-18(26-20)27(9-23-14)19-16(30)15(29)12(31-19)7-8-13(21)28/h2-6,9-10,12,15-16,19,29-30H,7-8H2,1H3,(H2,21,28)(H3,22,24,25,26)/t10?,12-,15?,16?,19-/m1/s1. The van der Waals surface area contributed by atoms with Crippen LogP contribution in [0.5, 0.6) is 0 Å². The van der Waals surface area contributed by atoms with Crippen molar-refractivity contribution in [3.05, 3.63) is 42.2 Å². The third-order valence-corrected chi connectivity index (χ3v) is 5.38. The van der Waals surface area contributed by atoms with Crippen LogP contribution in [0.4, 0.5) is 11.8 Å². The number of hydrogen-bond donors (Lipinski definition) is 5. The van der Waals surface area contributed by atoms with Crippen LogP contribution in [-0.4, -0.2) is 54.0 Å². The van der Waals surface area contributed by atoms with Gasteiger partial charge in [0.05, 0.1) is 18.5 Å². The number of nitrogens with two attached hydrogens (primary N) is 2. The molecule has 1 aliphatic heterocycles. The average molecular weight is 427 g/mol. The van der Waals surface area contributed by atoms with E-state index in [2.05, 4.69) is 20.3 Å². The monoisotopic (exact) mass is 427 g/mol. The maximum Gasteiger partial charge on any atom is 0.227 e.